The zero-order chi connectivity index (χ0) is 30.2. The van der Waals surface area contributed by atoms with E-state index in [9.17, 15) is 22.4 Å². The van der Waals surface area contributed by atoms with Gasteiger partial charge in [-0.25, -0.2) is 12.8 Å². The Balaban J connectivity index is 1.89. The second-order valence-corrected chi connectivity index (χ2v) is 12.7. The monoisotopic (exact) mass is 581 g/mol. The summed E-state index contributed by atoms with van der Waals surface area (Å²) < 4.78 is 40.4. The first-order chi connectivity index (χ1) is 19.3. The summed E-state index contributed by atoms with van der Waals surface area (Å²) in [6.07, 6.45) is 1.73. The van der Waals surface area contributed by atoms with Crippen LogP contribution < -0.4 is 9.62 Å². The molecule has 3 rings (SSSR count). The summed E-state index contributed by atoms with van der Waals surface area (Å²) in [5, 5.41) is 2.94. The lowest BCUT2D eigenvalue weighted by Gasteiger charge is -2.32. The van der Waals surface area contributed by atoms with E-state index in [1.165, 1.54) is 21.3 Å². The number of benzene rings is 3. The molecule has 1 atom stereocenters. The number of sulfonamides is 1. The molecule has 0 aromatic heterocycles. The first-order valence-electron chi connectivity index (χ1n) is 13.8. The van der Waals surface area contributed by atoms with Gasteiger partial charge in [0, 0.05) is 32.0 Å². The van der Waals surface area contributed by atoms with Crippen LogP contribution in [0.3, 0.4) is 0 Å². The Hall–Kier alpha value is -3.72. The van der Waals surface area contributed by atoms with Crippen LogP contribution in [0, 0.1) is 19.7 Å². The van der Waals surface area contributed by atoms with Crippen molar-refractivity contribution < 1.29 is 22.4 Å². The fourth-order valence-corrected chi connectivity index (χ4v) is 5.71. The Labute approximate surface area is 243 Å². The van der Waals surface area contributed by atoms with Gasteiger partial charge in [0.25, 0.3) is 0 Å². The van der Waals surface area contributed by atoms with Gasteiger partial charge in [0.2, 0.25) is 21.8 Å². The molecule has 220 valence electrons. The molecule has 0 heterocycles. The summed E-state index contributed by atoms with van der Waals surface area (Å²) in [7, 11) is -3.60. The van der Waals surface area contributed by atoms with Crippen LogP contribution in [0.4, 0.5) is 10.1 Å². The summed E-state index contributed by atoms with van der Waals surface area (Å²) in [5.41, 5.74) is 3.91. The number of rotatable bonds is 13. The molecular formula is C32H40FN3O4S. The van der Waals surface area contributed by atoms with E-state index >= 15 is 0 Å². The minimum absolute atomic E-state index is 0.0261. The van der Waals surface area contributed by atoms with Gasteiger partial charge in [-0.1, -0.05) is 54.6 Å². The van der Waals surface area contributed by atoms with Gasteiger partial charge < -0.3 is 10.2 Å². The van der Waals surface area contributed by atoms with Gasteiger partial charge in [-0.05, 0) is 74.6 Å². The predicted octanol–water partition coefficient (Wildman–Crippen LogP) is 5.15. The minimum Gasteiger partial charge on any atom is -0.352 e. The fraction of sp³-hybridized carbons (Fsp3) is 0.375. The number of carbonyl (C=O) groups is 2. The molecule has 7 nitrogen and oxygen atoms in total. The fourth-order valence-electron chi connectivity index (χ4n) is 4.69. The van der Waals surface area contributed by atoms with Crippen molar-refractivity contribution in [2.24, 2.45) is 0 Å². The number of hydrogen-bond donors (Lipinski definition) is 1. The van der Waals surface area contributed by atoms with Crippen LogP contribution in [0.15, 0.2) is 72.8 Å². The van der Waals surface area contributed by atoms with Crippen molar-refractivity contribution in [2.45, 2.75) is 65.6 Å². The number of hydrogen-bond acceptors (Lipinski definition) is 4. The third-order valence-electron chi connectivity index (χ3n) is 6.75. The number of nitrogens with one attached hydrogen (secondary N) is 1. The van der Waals surface area contributed by atoms with Crippen LogP contribution in [-0.2, 0) is 32.6 Å². The van der Waals surface area contributed by atoms with Crippen molar-refractivity contribution >= 4 is 27.5 Å². The molecular weight excluding hydrogens is 541 g/mol. The van der Waals surface area contributed by atoms with Crippen molar-refractivity contribution in [2.75, 3.05) is 17.1 Å². The van der Waals surface area contributed by atoms with Crippen molar-refractivity contribution in [1.82, 2.24) is 10.2 Å². The maximum absolute atomic E-state index is 13.8. The Bertz CT molecular complexity index is 1430. The summed E-state index contributed by atoms with van der Waals surface area (Å²) in [6, 6.07) is 20.0. The minimum atomic E-state index is -3.60. The molecule has 0 aliphatic carbocycles. The average molecular weight is 582 g/mol. The van der Waals surface area contributed by atoms with Gasteiger partial charge in [-0.3, -0.25) is 13.9 Å². The molecule has 0 fully saturated rings. The average Bonchev–Trinajstić information content (AvgIpc) is 2.90. The van der Waals surface area contributed by atoms with Gasteiger partial charge in [0.05, 0.1) is 11.9 Å². The van der Waals surface area contributed by atoms with Gasteiger partial charge >= 0.3 is 0 Å². The summed E-state index contributed by atoms with van der Waals surface area (Å²) in [4.78, 5) is 28.8. The Kier molecular flexibility index (Phi) is 11.1. The highest BCUT2D eigenvalue weighted by Crippen LogP contribution is 2.25. The maximum Gasteiger partial charge on any atom is 0.243 e. The number of aryl methyl sites for hydroxylation is 2. The van der Waals surface area contributed by atoms with Crippen molar-refractivity contribution in [3.8, 4) is 0 Å². The van der Waals surface area contributed by atoms with E-state index in [4.69, 9.17) is 0 Å². The van der Waals surface area contributed by atoms with E-state index in [1.807, 2.05) is 76.2 Å². The second kappa shape index (κ2) is 14.3. The summed E-state index contributed by atoms with van der Waals surface area (Å²) in [6.45, 7) is 7.68. The highest BCUT2D eigenvalue weighted by molar-refractivity contribution is 7.92. The summed E-state index contributed by atoms with van der Waals surface area (Å²) in [5.74, 6) is -0.964. The molecule has 3 aromatic rings. The predicted molar refractivity (Wildman–Crippen MR) is 162 cm³/mol. The van der Waals surface area contributed by atoms with E-state index in [-0.39, 0.29) is 43.8 Å². The van der Waals surface area contributed by atoms with E-state index in [0.29, 0.717) is 17.7 Å². The third-order valence-corrected chi connectivity index (χ3v) is 7.93. The molecule has 41 heavy (non-hydrogen) atoms. The highest BCUT2D eigenvalue weighted by atomic mass is 32.2. The zero-order valence-corrected chi connectivity index (χ0v) is 25.2. The van der Waals surface area contributed by atoms with Gasteiger partial charge in [0.15, 0.2) is 0 Å². The lowest BCUT2D eigenvalue weighted by atomic mass is 10.0. The normalized spacial score (nSPS) is 12.2. The van der Waals surface area contributed by atoms with Crippen LogP contribution in [0.5, 0.6) is 0 Å². The van der Waals surface area contributed by atoms with Crippen LogP contribution in [-0.4, -0.2) is 50.0 Å². The highest BCUT2D eigenvalue weighted by Gasteiger charge is 2.31. The van der Waals surface area contributed by atoms with Crippen molar-refractivity contribution in [3.05, 3.63) is 101 Å². The summed E-state index contributed by atoms with van der Waals surface area (Å²) >= 11 is 0. The molecule has 3 aromatic carbocycles. The smallest absolute Gasteiger partial charge is 0.243 e. The second-order valence-electron chi connectivity index (χ2n) is 10.7. The number of nitrogens with zero attached hydrogens (tertiary/aromatic N) is 2. The molecule has 0 saturated heterocycles. The zero-order valence-electron chi connectivity index (χ0n) is 24.4. The van der Waals surface area contributed by atoms with Gasteiger partial charge in [-0.15, -0.1) is 0 Å². The largest absolute Gasteiger partial charge is 0.352 e. The van der Waals surface area contributed by atoms with Crippen LogP contribution in [0.25, 0.3) is 0 Å². The maximum atomic E-state index is 13.8. The van der Waals surface area contributed by atoms with Crippen LogP contribution >= 0.6 is 0 Å². The first-order valence-corrected chi connectivity index (χ1v) is 15.6. The SMILES string of the molecule is Cc1ccc(C)c(N(CCCC(=O)N(Cc2ccc(F)cc2)[C@H](Cc2ccccc2)C(=O)NC(C)C)S(C)(=O)=O)c1. The molecule has 0 aliphatic heterocycles. The van der Waals surface area contributed by atoms with E-state index in [0.717, 1.165) is 22.9 Å². The Morgan fingerprint density at radius 3 is 2.20 bits per heavy atom. The Morgan fingerprint density at radius 1 is 0.927 bits per heavy atom. The van der Waals surface area contributed by atoms with E-state index in [1.54, 1.807) is 12.1 Å². The Morgan fingerprint density at radius 2 is 1.59 bits per heavy atom. The first kappa shape index (κ1) is 31.8. The van der Waals surface area contributed by atoms with Crippen molar-refractivity contribution in [1.29, 1.82) is 0 Å². The molecule has 0 bridgehead atoms. The lowest BCUT2D eigenvalue weighted by Crippen LogP contribution is -2.51. The van der Waals surface area contributed by atoms with Gasteiger partial charge in [0.1, 0.15) is 11.9 Å². The number of amides is 2. The molecule has 0 unspecified atom stereocenters. The molecule has 0 aliphatic rings. The number of anilines is 1. The topological polar surface area (TPSA) is 86.8 Å². The standard InChI is InChI=1S/C32H40FN3O4S/c1-23(2)34-32(38)30(21-26-10-7-6-8-11-26)35(22-27-15-17-28(33)18-16-27)31(37)12-9-19-36(41(5,39)40)29-20-24(3)13-14-25(29)4/h6-8,10-11,13-18,20,23,30H,9,12,19,21-22H2,1-5H3,(H,34,38)/t30-/m1/s1. The quantitative estimate of drug-likeness (QED) is 0.302. The molecule has 2 amide bonds. The molecule has 0 radical (unpaired) electrons. The molecule has 0 saturated carbocycles. The van der Waals surface area contributed by atoms with Crippen LogP contribution in [0.2, 0.25) is 0 Å². The third kappa shape index (κ3) is 9.42. The lowest BCUT2D eigenvalue weighted by molar-refractivity contribution is -0.141. The van der Waals surface area contributed by atoms with E-state index in [2.05, 4.69) is 5.32 Å². The number of carbonyl (C=O) groups excluding carboxylic acids is 2. The number of halogens is 1. The molecule has 1 N–H and O–H groups in total. The van der Waals surface area contributed by atoms with Crippen LogP contribution in [0.1, 0.15) is 48.9 Å². The van der Waals surface area contributed by atoms with E-state index < -0.39 is 21.9 Å². The molecule has 0 spiro atoms. The van der Waals surface area contributed by atoms with Crippen molar-refractivity contribution in [3.63, 3.8) is 0 Å². The molecule has 9 heteroatoms. The van der Waals surface area contributed by atoms with Gasteiger partial charge in [-0.2, -0.15) is 0 Å².